The van der Waals surface area contributed by atoms with Crippen molar-refractivity contribution in [3.05, 3.63) is 35.9 Å². The average Bonchev–Trinajstić information content (AvgIpc) is 3.05. The molecule has 0 radical (unpaired) electrons. The number of amides is 2. The van der Waals surface area contributed by atoms with Crippen molar-refractivity contribution in [1.29, 1.82) is 0 Å². The molecule has 1 heterocycles. The largest absolute Gasteiger partial charge is 0.353 e. The van der Waals surface area contributed by atoms with Gasteiger partial charge in [-0.1, -0.05) is 44.2 Å². The molecule has 0 bridgehead atoms. The molecule has 2 amide bonds. The lowest BCUT2D eigenvalue weighted by Crippen LogP contribution is -2.46. The molecule has 1 aliphatic heterocycles. The molecule has 1 fully saturated rings. The van der Waals surface area contributed by atoms with Crippen molar-refractivity contribution in [2.24, 2.45) is 11.7 Å². The van der Waals surface area contributed by atoms with E-state index in [1.54, 1.807) is 4.90 Å². The minimum absolute atomic E-state index is 0.0513. The van der Waals surface area contributed by atoms with Crippen LogP contribution in [0.25, 0.3) is 0 Å². The fraction of sp³-hybridized carbons (Fsp3) is 0.600. The van der Waals surface area contributed by atoms with Gasteiger partial charge in [0.05, 0.1) is 0 Å². The van der Waals surface area contributed by atoms with Crippen molar-refractivity contribution in [2.45, 2.75) is 45.8 Å². The van der Waals surface area contributed by atoms with E-state index in [-0.39, 0.29) is 17.9 Å². The predicted molar refractivity (Wildman–Crippen MR) is 103 cm³/mol. The van der Waals surface area contributed by atoms with Gasteiger partial charge in [-0.3, -0.25) is 14.5 Å². The highest BCUT2D eigenvalue weighted by atomic mass is 16.2. The summed E-state index contributed by atoms with van der Waals surface area (Å²) in [5, 5.41) is 2.83. The Balaban J connectivity index is 2.14. The summed E-state index contributed by atoms with van der Waals surface area (Å²) in [4.78, 5) is 28.7. The SMILES string of the molecule is CC(=O)N1CC(N(Cc2ccccc2)CC(C)C)CC1C(=O)NCCN. The lowest BCUT2D eigenvalue weighted by atomic mass is 10.1. The molecule has 6 nitrogen and oxygen atoms in total. The normalized spacial score (nSPS) is 20.0. The molecule has 2 rings (SSSR count). The molecule has 1 aromatic carbocycles. The Labute approximate surface area is 156 Å². The zero-order chi connectivity index (χ0) is 19.1. The molecule has 1 aliphatic rings. The fourth-order valence-corrected chi connectivity index (χ4v) is 3.62. The second kappa shape index (κ2) is 9.69. The summed E-state index contributed by atoms with van der Waals surface area (Å²) in [5.41, 5.74) is 6.73. The van der Waals surface area contributed by atoms with Gasteiger partial charge in [0.2, 0.25) is 11.8 Å². The van der Waals surface area contributed by atoms with Crippen LogP contribution in [0, 0.1) is 5.92 Å². The number of likely N-dealkylation sites (tertiary alicyclic amines) is 1. The molecule has 0 aromatic heterocycles. The third kappa shape index (κ3) is 5.54. The Bertz CT molecular complexity index is 591. The maximum atomic E-state index is 12.5. The van der Waals surface area contributed by atoms with E-state index in [2.05, 4.69) is 36.2 Å². The number of hydrogen-bond acceptors (Lipinski definition) is 4. The Kier molecular flexibility index (Phi) is 7.60. The summed E-state index contributed by atoms with van der Waals surface area (Å²) < 4.78 is 0. The van der Waals surface area contributed by atoms with Crippen molar-refractivity contribution in [3.8, 4) is 0 Å². The second-order valence-electron chi connectivity index (χ2n) is 7.47. The van der Waals surface area contributed by atoms with Gasteiger partial charge in [-0.15, -0.1) is 0 Å². The number of nitrogens with two attached hydrogens (primary N) is 1. The third-order valence-electron chi connectivity index (χ3n) is 4.77. The van der Waals surface area contributed by atoms with Crippen molar-refractivity contribution in [3.63, 3.8) is 0 Å². The molecule has 2 atom stereocenters. The van der Waals surface area contributed by atoms with Crippen molar-refractivity contribution in [1.82, 2.24) is 15.1 Å². The van der Waals surface area contributed by atoms with E-state index >= 15 is 0 Å². The average molecular weight is 361 g/mol. The highest BCUT2D eigenvalue weighted by molar-refractivity contribution is 5.87. The second-order valence-corrected chi connectivity index (χ2v) is 7.47. The highest BCUT2D eigenvalue weighted by Gasteiger charge is 2.40. The van der Waals surface area contributed by atoms with Crippen LogP contribution in [0.1, 0.15) is 32.8 Å². The minimum atomic E-state index is -0.408. The zero-order valence-electron chi connectivity index (χ0n) is 16.1. The van der Waals surface area contributed by atoms with Crippen LogP contribution in [0.3, 0.4) is 0 Å². The molecule has 0 aliphatic carbocycles. The first-order valence-electron chi connectivity index (χ1n) is 9.45. The molecule has 1 aromatic rings. The van der Waals surface area contributed by atoms with Crippen LogP contribution >= 0.6 is 0 Å². The quantitative estimate of drug-likeness (QED) is 0.730. The third-order valence-corrected chi connectivity index (χ3v) is 4.77. The molecule has 1 saturated heterocycles. The molecule has 2 unspecified atom stereocenters. The summed E-state index contributed by atoms with van der Waals surface area (Å²) in [6, 6.07) is 10.1. The van der Waals surface area contributed by atoms with Crippen LogP contribution in [0.2, 0.25) is 0 Å². The molecule has 6 heteroatoms. The molecule has 26 heavy (non-hydrogen) atoms. The van der Waals surface area contributed by atoms with Gasteiger partial charge in [0.25, 0.3) is 0 Å². The van der Waals surface area contributed by atoms with Crippen LogP contribution in [-0.4, -0.2) is 59.9 Å². The van der Waals surface area contributed by atoms with Crippen molar-refractivity contribution in [2.75, 3.05) is 26.2 Å². The molecule has 3 N–H and O–H groups in total. The maximum Gasteiger partial charge on any atom is 0.242 e. The Morgan fingerprint density at radius 1 is 1.31 bits per heavy atom. The first-order chi connectivity index (χ1) is 12.4. The van der Waals surface area contributed by atoms with Crippen LogP contribution in [0.15, 0.2) is 30.3 Å². The summed E-state index contributed by atoms with van der Waals surface area (Å²) >= 11 is 0. The molecule has 144 valence electrons. The van der Waals surface area contributed by atoms with E-state index in [1.165, 1.54) is 12.5 Å². The van der Waals surface area contributed by atoms with E-state index in [4.69, 9.17) is 5.73 Å². The van der Waals surface area contributed by atoms with Gasteiger partial charge >= 0.3 is 0 Å². The fourth-order valence-electron chi connectivity index (χ4n) is 3.62. The number of carbonyl (C=O) groups excluding carboxylic acids is 2. The number of nitrogens with zero attached hydrogens (tertiary/aromatic N) is 2. The van der Waals surface area contributed by atoms with Gasteiger partial charge in [0, 0.05) is 45.7 Å². The van der Waals surface area contributed by atoms with Crippen LogP contribution in [0.4, 0.5) is 0 Å². The first kappa shape index (κ1) is 20.4. The van der Waals surface area contributed by atoms with E-state index in [9.17, 15) is 9.59 Å². The Hall–Kier alpha value is -1.92. The van der Waals surface area contributed by atoms with E-state index in [1.807, 2.05) is 18.2 Å². The number of nitrogens with one attached hydrogen (secondary N) is 1. The first-order valence-corrected chi connectivity index (χ1v) is 9.45. The van der Waals surface area contributed by atoms with Gasteiger partial charge < -0.3 is 16.0 Å². The topological polar surface area (TPSA) is 78.7 Å². The Morgan fingerprint density at radius 2 is 2.00 bits per heavy atom. The maximum absolute atomic E-state index is 12.5. The summed E-state index contributed by atoms with van der Waals surface area (Å²) in [6.07, 6.45) is 0.662. The van der Waals surface area contributed by atoms with Gasteiger partial charge in [-0.05, 0) is 17.9 Å². The smallest absolute Gasteiger partial charge is 0.242 e. The van der Waals surface area contributed by atoms with Crippen LogP contribution in [0.5, 0.6) is 0 Å². The number of benzene rings is 1. The van der Waals surface area contributed by atoms with Gasteiger partial charge in [0.1, 0.15) is 6.04 Å². The van der Waals surface area contributed by atoms with Crippen LogP contribution in [-0.2, 0) is 16.1 Å². The van der Waals surface area contributed by atoms with E-state index in [0.717, 1.165) is 13.1 Å². The van der Waals surface area contributed by atoms with Gasteiger partial charge in [0.15, 0.2) is 0 Å². The van der Waals surface area contributed by atoms with Gasteiger partial charge in [-0.25, -0.2) is 0 Å². The summed E-state index contributed by atoms with van der Waals surface area (Å²) in [5.74, 6) is 0.358. The number of carbonyl (C=O) groups is 2. The standard InChI is InChI=1S/C20H32N4O2/c1-15(2)12-23(13-17-7-5-4-6-8-17)18-11-19(20(26)22-10-9-21)24(14-18)16(3)25/h4-8,15,18-19H,9-14,21H2,1-3H3,(H,22,26). The van der Waals surface area contributed by atoms with Crippen LogP contribution < -0.4 is 11.1 Å². The number of hydrogen-bond donors (Lipinski definition) is 2. The van der Waals surface area contributed by atoms with E-state index < -0.39 is 6.04 Å². The molecule has 0 spiro atoms. The molecular formula is C20H32N4O2. The van der Waals surface area contributed by atoms with Crippen molar-refractivity contribution < 1.29 is 9.59 Å². The summed E-state index contributed by atoms with van der Waals surface area (Å²) in [6.45, 7) is 9.11. The zero-order valence-corrected chi connectivity index (χ0v) is 16.1. The van der Waals surface area contributed by atoms with E-state index in [0.29, 0.717) is 32.0 Å². The highest BCUT2D eigenvalue weighted by Crippen LogP contribution is 2.25. The minimum Gasteiger partial charge on any atom is -0.353 e. The lowest BCUT2D eigenvalue weighted by Gasteiger charge is -2.30. The predicted octanol–water partition coefficient (Wildman–Crippen LogP) is 1.21. The summed E-state index contributed by atoms with van der Waals surface area (Å²) in [7, 11) is 0. The lowest BCUT2D eigenvalue weighted by molar-refractivity contribution is -0.136. The molecular weight excluding hydrogens is 328 g/mol. The van der Waals surface area contributed by atoms with Crippen molar-refractivity contribution >= 4 is 11.8 Å². The molecule has 0 saturated carbocycles. The Morgan fingerprint density at radius 3 is 2.58 bits per heavy atom. The van der Waals surface area contributed by atoms with Gasteiger partial charge in [-0.2, -0.15) is 0 Å². The number of rotatable bonds is 8. The monoisotopic (exact) mass is 360 g/mol.